The standard InChI is InChI=1S/C26H32N2O2/c1-25(2,3)19-14-18(15-20(16-19)26(4,5)6)23-27-22(24(29)30-23)13-17-9-11-21(12-10-17)28(7)8/h9-16H,1-8H3. The van der Waals surface area contributed by atoms with Gasteiger partial charge in [-0.05, 0) is 57.9 Å². The van der Waals surface area contributed by atoms with E-state index in [1.807, 2.05) is 43.3 Å². The Hall–Kier alpha value is -2.88. The number of esters is 1. The smallest absolute Gasteiger partial charge is 0.363 e. The zero-order valence-corrected chi connectivity index (χ0v) is 19.3. The molecular weight excluding hydrogens is 372 g/mol. The molecule has 0 amide bonds. The van der Waals surface area contributed by atoms with Gasteiger partial charge in [-0.2, -0.15) is 0 Å². The summed E-state index contributed by atoms with van der Waals surface area (Å²) in [5, 5.41) is 0. The monoisotopic (exact) mass is 404 g/mol. The van der Waals surface area contributed by atoms with E-state index in [0.717, 1.165) is 16.8 Å². The Balaban J connectivity index is 2.01. The molecule has 2 aromatic rings. The molecule has 158 valence electrons. The largest absolute Gasteiger partial charge is 0.402 e. The van der Waals surface area contributed by atoms with Crippen LogP contribution in [0.4, 0.5) is 5.69 Å². The molecule has 0 saturated heterocycles. The van der Waals surface area contributed by atoms with Crippen molar-refractivity contribution in [3.05, 3.63) is 70.4 Å². The third-order valence-corrected chi connectivity index (χ3v) is 5.25. The van der Waals surface area contributed by atoms with E-state index in [2.05, 4.69) is 64.7 Å². The molecule has 0 atom stereocenters. The molecule has 30 heavy (non-hydrogen) atoms. The summed E-state index contributed by atoms with van der Waals surface area (Å²) >= 11 is 0. The van der Waals surface area contributed by atoms with E-state index in [1.165, 1.54) is 11.1 Å². The van der Waals surface area contributed by atoms with Gasteiger partial charge in [-0.25, -0.2) is 9.79 Å². The van der Waals surface area contributed by atoms with E-state index in [0.29, 0.717) is 11.6 Å². The Morgan fingerprint density at radius 3 is 1.87 bits per heavy atom. The van der Waals surface area contributed by atoms with Gasteiger partial charge in [0.05, 0.1) is 0 Å². The maximum absolute atomic E-state index is 12.5. The van der Waals surface area contributed by atoms with Crippen LogP contribution in [-0.2, 0) is 20.4 Å². The highest BCUT2D eigenvalue weighted by Gasteiger charge is 2.27. The molecule has 4 heteroatoms. The number of aliphatic imine (C=N–C) groups is 1. The van der Waals surface area contributed by atoms with Crippen LogP contribution >= 0.6 is 0 Å². The number of rotatable bonds is 3. The number of benzene rings is 2. The second-order valence-electron chi connectivity index (χ2n) is 10.1. The number of nitrogens with zero attached hydrogens (tertiary/aromatic N) is 2. The fourth-order valence-corrected chi connectivity index (χ4v) is 3.18. The van der Waals surface area contributed by atoms with Crippen LogP contribution in [0.15, 0.2) is 53.2 Å². The predicted octanol–water partition coefficient (Wildman–Crippen LogP) is 5.69. The van der Waals surface area contributed by atoms with Gasteiger partial charge in [0.25, 0.3) is 0 Å². The molecule has 0 bridgehead atoms. The molecule has 2 aromatic carbocycles. The van der Waals surface area contributed by atoms with Crippen molar-refractivity contribution in [2.45, 2.75) is 52.4 Å². The fraction of sp³-hybridized carbons (Fsp3) is 0.385. The van der Waals surface area contributed by atoms with Crippen molar-refractivity contribution >= 4 is 23.6 Å². The third kappa shape index (κ3) is 4.81. The first-order chi connectivity index (χ1) is 13.8. The Labute approximate surface area is 180 Å². The third-order valence-electron chi connectivity index (χ3n) is 5.25. The van der Waals surface area contributed by atoms with Gasteiger partial charge in [0.15, 0.2) is 5.70 Å². The molecule has 1 heterocycles. The van der Waals surface area contributed by atoms with Gasteiger partial charge in [0.2, 0.25) is 5.90 Å². The van der Waals surface area contributed by atoms with E-state index < -0.39 is 5.97 Å². The van der Waals surface area contributed by atoms with Gasteiger partial charge in [0.1, 0.15) is 0 Å². The summed E-state index contributed by atoms with van der Waals surface area (Å²) in [6.45, 7) is 13.1. The lowest BCUT2D eigenvalue weighted by Gasteiger charge is -2.26. The summed E-state index contributed by atoms with van der Waals surface area (Å²) in [4.78, 5) is 19.1. The molecular formula is C26H32N2O2. The van der Waals surface area contributed by atoms with E-state index in [-0.39, 0.29) is 10.8 Å². The quantitative estimate of drug-likeness (QED) is 0.487. The number of cyclic esters (lactones) is 1. The highest BCUT2D eigenvalue weighted by molar-refractivity contribution is 6.13. The van der Waals surface area contributed by atoms with Crippen LogP contribution in [0.2, 0.25) is 0 Å². The Morgan fingerprint density at radius 2 is 1.40 bits per heavy atom. The summed E-state index contributed by atoms with van der Waals surface area (Å²) < 4.78 is 5.56. The lowest BCUT2D eigenvalue weighted by molar-refractivity contribution is -0.129. The van der Waals surface area contributed by atoms with Gasteiger partial charge < -0.3 is 9.64 Å². The molecule has 0 N–H and O–H groups in total. The topological polar surface area (TPSA) is 41.9 Å². The van der Waals surface area contributed by atoms with Crippen molar-refractivity contribution in [3.8, 4) is 0 Å². The van der Waals surface area contributed by atoms with Crippen LogP contribution in [0, 0.1) is 0 Å². The second-order valence-corrected chi connectivity index (χ2v) is 10.1. The maximum Gasteiger partial charge on any atom is 0.363 e. The van der Waals surface area contributed by atoms with Crippen LogP contribution in [0.5, 0.6) is 0 Å². The molecule has 0 aliphatic carbocycles. The zero-order valence-electron chi connectivity index (χ0n) is 19.3. The van der Waals surface area contributed by atoms with Gasteiger partial charge in [0, 0.05) is 25.3 Å². The minimum atomic E-state index is -0.417. The Morgan fingerprint density at radius 1 is 0.867 bits per heavy atom. The Bertz CT molecular complexity index is 982. The highest BCUT2D eigenvalue weighted by Crippen LogP contribution is 2.31. The minimum Gasteiger partial charge on any atom is -0.402 e. The van der Waals surface area contributed by atoms with Crippen LogP contribution in [0.1, 0.15) is 63.8 Å². The van der Waals surface area contributed by atoms with E-state index in [9.17, 15) is 4.79 Å². The molecule has 0 radical (unpaired) electrons. The number of carbonyl (C=O) groups is 1. The zero-order chi connectivity index (χ0) is 22.3. The lowest BCUT2D eigenvalue weighted by atomic mass is 9.79. The number of carbonyl (C=O) groups excluding carboxylic acids is 1. The van der Waals surface area contributed by atoms with E-state index in [4.69, 9.17) is 4.74 Å². The van der Waals surface area contributed by atoms with Gasteiger partial charge in [-0.3, -0.25) is 0 Å². The number of ether oxygens (including phenoxy) is 1. The number of anilines is 1. The van der Waals surface area contributed by atoms with Crippen molar-refractivity contribution in [2.75, 3.05) is 19.0 Å². The van der Waals surface area contributed by atoms with Gasteiger partial charge in [-0.15, -0.1) is 0 Å². The van der Waals surface area contributed by atoms with Crippen LogP contribution in [-0.4, -0.2) is 26.0 Å². The number of hydrogen-bond acceptors (Lipinski definition) is 4. The first-order valence-corrected chi connectivity index (χ1v) is 10.3. The summed E-state index contributed by atoms with van der Waals surface area (Å²) in [7, 11) is 3.99. The van der Waals surface area contributed by atoms with Crippen molar-refractivity contribution < 1.29 is 9.53 Å². The van der Waals surface area contributed by atoms with Crippen LogP contribution < -0.4 is 4.90 Å². The lowest BCUT2D eigenvalue weighted by Crippen LogP contribution is -2.18. The van der Waals surface area contributed by atoms with E-state index >= 15 is 0 Å². The van der Waals surface area contributed by atoms with Crippen LogP contribution in [0.25, 0.3) is 6.08 Å². The molecule has 0 aromatic heterocycles. The van der Waals surface area contributed by atoms with Crippen molar-refractivity contribution in [3.63, 3.8) is 0 Å². The van der Waals surface area contributed by atoms with Gasteiger partial charge >= 0.3 is 5.97 Å². The second kappa shape index (κ2) is 7.75. The summed E-state index contributed by atoms with van der Waals surface area (Å²) in [6.07, 6.45) is 1.77. The molecule has 1 aliphatic rings. The minimum absolute atomic E-state index is 0.0218. The summed E-state index contributed by atoms with van der Waals surface area (Å²) in [5.41, 5.74) is 5.52. The highest BCUT2D eigenvalue weighted by atomic mass is 16.6. The molecule has 0 spiro atoms. The molecule has 0 saturated carbocycles. The predicted molar refractivity (Wildman–Crippen MR) is 125 cm³/mol. The summed E-state index contributed by atoms with van der Waals surface area (Å²) in [5.74, 6) is -0.0482. The first-order valence-electron chi connectivity index (χ1n) is 10.3. The Kier molecular flexibility index (Phi) is 5.64. The van der Waals surface area contributed by atoms with Crippen molar-refractivity contribution in [1.29, 1.82) is 0 Å². The molecule has 1 aliphatic heterocycles. The summed E-state index contributed by atoms with van der Waals surface area (Å²) in [6, 6.07) is 14.4. The molecule has 0 fully saturated rings. The van der Waals surface area contributed by atoms with Crippen molar-refractivity contribution in [2.24, 2.45) is 4.99 Å². The van der Waals surface area contributed by atoms with Crippen molar-refractivity contribution in [1.82, 2.24) is 0 Å². The fourth-order valence-electron chi connectivity index (χ4n) is 3.18. The molecule has 3 rings (SSSR count). The maximum atomic E-state index is 12.5. The normalized spacial score (nSPS) is 15.9. The first kappa shape index (κ1) is 21.8. The average molecular weight is 405 g/mol. The SMILES string of the molecule is CN(C)c1ccc(C=C2N=C(c3cc(C(C)(C)C)cc(C(C)(C)C)c3)OC2=O)cc1. The molecule has 0 unspecified atom stereocenters. The van der Waals surface area contributed by atoms with Crippen LogP contribution in [0.3, 0.4) is 0 Å². The number of hydrogen-bond donors (Lipinski definition) is 0. The van der Waals surface area contributed by atoms with E-state index in [1.54, 1.807) is 6.08 Å². The van der Waals surface area contributed by atoms with Gasteiger partial charge in [-0.1, -0.05) is 59.7 Å². The molecule has 4 nitrogen and oxygen atoms in total. The average Bonchev–Trinajstić information content (AvgIpc) is 3.01.